The van der Waals surface area contributed by atoms with Gasteiger partial charge in [0.1, 0.15) is 0 Å². The minimum absolute atomic E-state index is 0.303. The molecular weight excluding hydrogens is 131 g/mol. The molecule has 1 atom stereocenters. The van der Waals surface area contributed by atoms with Crippen LogP contribution in [0.15, 0.2) is 0 Å². The number of halogens is 2. The van der Waals surface area contributed by atoms with Crippen molar-refractivity contribution in [2.24, 2.45) is 5.92 Å². The summed E-state index contributed by atoms with van der Waals surface area (Å²) in [6.45, 7) is 3.22. The smallest absolute Gasteiger partial charge is 0.231 e. The fourth-order valence-electron chi connectivity index (χ4n) is 0.252. The fourth-order valence-corrected chi connectivity index (χ4v) is 0.504. The van der Waals surface area contributed by atoms with Crippen LogP contribution in [0, 0.1) is 5.92 Å². The summed E-state index contributed by atoms with van der Waals surface area (Å²) in [5.41, 5.74) is -1.82. The number of alkyl halides is 2. The molecule has 0 aromatic rings. The van der Waals surface area contributed by atoms with E-state index in [2.05, 4.69) is 0 Å². The van der Waals surface area contributed by atoms with Crippen molar-refractivity contribution in [3.05, 3.63) is 0 Å². The zero-order valence-electron chi connectivity index (χ0n) is 4.82. The van der Waals surface area contributed by atoms with Gasteiger partial charge in [-0.15, -0.1) is 0 Å². The van der Waals surface area contributed by atoms with Gasteiger partial charge in [0.15, 0.2) is 5.78 Å². The maximum Gasteiger partial charge on any atom is 0.231 e. The highest BCUT2D eigenvalue weighted by atomic mass is 35.5. The minimum atomic E-state index is -1.82. The Morgan fingerprint density at radius 3 is 2.00 bits per heavy atom. The van der Waals surface area contributed by atoms with Gasteiger partial charge in [0.25, 0.3) is 0 Å². The van der Waals surface area contributed by atoms with Gasteiger partial charge >= 0.3 is 0 Å². The van der Waals surface area contributed by atoms with E-state index < -0.39 is 11.4 Å². The molecular formula is C5H8ClFO. The van der Waals surface area contributed by atoms with Crippen LogP contribution in [0.4, 0.5) is 4.39 Å². The van der Waals surface area contributed by atoms with Gasteiger partial charge in [-0.1, -0.05) is 25.4 Å². The molecule has 0 amide bonds. The van der Waals surface area contributed by atoms with E-state index in [4.69, 9.17) is 11.6 Å². The van der Waals surface area contributed by atoms with E-state index in [9.17, 15) is 9.18 Å². The monoisotopic (exact) mass is 138 g/mol. The van der Waals surface area contributed by atoms with E-state index in [1.807, 2.05) is 0 Å². The van der Waals surface area contributed by atoms with Crippen molar-refractivity contribution in [3.8, 4) is 0 Å². The first-order valence-corrected chi connectivity index (χ1v) is 2.81. The van der Waals surface area contributed by atoms with Gasteiger partial charge in [-0.2, -0.15) is 0 Å². The first-order chi connectivity index (χ1) is 3.55. The molecule has 0 aromatic heterocycles. The molecule has 0 aromatic carbocycles. The summed E-state index contributed by atoms with van der Waals surface area (Å²) in [6.07, 6.45) is 0. The van der Waals surface area contributed by atoms with Crippen molar-refractivity contribution in [3.63, 3.8) is 0 Å². The Hall–Kier alpha value is -0.110. The molecule has 1 nitrogen and oxygen atoms in total. The van der Waals surface area contributed by atoms with Crippen LogP contribution in [-0.2, 0) is 4.79 Å². The SMILES string of the molecule is CC(C)C(=O)C(F)Cl. The van der Waals surface area contributed by atoms with Gasteiger partial charge < -0.3 is 0 Å². The maximum atomic E-state index is 11.8. The van der Waals surface area contributed by atoms with Crippen molar-refractivity contribution in [2.45, 2.75) is 19.5 Å². The number of rotatable bonds is 2. The van der Waals surface area contributed by atoms with Crippen LogP contribution in [-0.4, -0.2) is 11.4 Å². The fraction of sp³-hybridized carbons (Fsp3) is 0.800. The van der Waals surface area contributed by atoms with E-state index in [1.165, 1.54) is 0 Å². The van der Waals surface area contributed by atoms with Crippen LogP contribution in [0.5, 0.6) is 0 Å². The predicted octanol–water partition coefficient (Wildman–Crippen LogP) is 1.75. The summed E-state index contributed by atoms with van der Waals surface area (Å²) >= 11 is 4.81. The Labute approximate surface area is 52.8 Å². The number of hydrogen-bond donors (Lipinski definition) is 0. The van der Waals surface area contributed by atoms with Crippen molar-refractivity contribution >= 4 is 17.4 Å². The molecule has 0 aliphatic rings. The summed E-state index contributed by atoms with van der Waals surface area (Å²) < 4.78 is 11.8. The van der Waals surface area contributed by atoms with Crippen molar-refractivity contribution in [1.82, 2.24) is 0 Å². The van der Waals surface area contributed by atoms with Gasteiger partial charge in [0.05, 0.1) is 0 Å². The third kappa shape index (κ3) is 2.26. The molecule has 1 unspecified atom stereocenters. The summed E-state index contributed by atoms with van der Waals surface area (Å²) in [7, 11) is 0. The second-order valence-corrected chi connectivity index (χ2v) is 2.24. The minimum Gasteiger partial charge on any atom is -0.295 e. The van der Waals surface area contributed by atoms with Crippen LogP contribution in [0.2, 0.25) is 0 Å². The van der Waals surface area contributed by atoms with Crippen molar-refractivity contribution in [2.75, 3.05) is 0 Å². The zero-order chi connectivity index (χ0) is 6.73. The lowest BCUT2D eigenvalue weighted by Gasteiger charge is -2.00. The molecule has 0 bridgehead atoms. The van der Waals surface area contributed by atoms with E-state index in [0.717, 1.165) is 0 Å². The number of hydrogen-bond acceptors (Lipinski definition) is 1. The Kier molecular flexibility index (Phi) is 2.98. The molecule has 0 N–H and O–H groups in total. The standard InChI is InChI=1S/C5H8ClFO/c1-3(2)4(8)5(6)7/h3,5H,1-2H3. The van der Waals surface area contributed by atoms with E-state index in [-0.39, 0.29) is 5.92 Å². The predicted molar refractivity (Wildman–Crippen MR) is 30.6 cm³/mol. The first-order valence-electron chi connectivity index (χ1n) is 2.37. The molecule has 3 heteroatoms. The largest absolute Gasteiger partial charge is 0.295 e. The Morgan fingerprint density at radius 1 is 1.62 bits per heavy atom. The highest BCUT2D eigenvalue weighted by Crippen LogP contribution is 2.05. The third-order valence-electron chi connectivity index (χ3n) is 0.784. The molecule has 0 rings (SSSR count). The summed E-state index contributed by atoms with van der Waals surface area (Å²) in [5.74, 6) is -0.853. The Bertz CT molecular complexity index is 80.4. The summed E-state index contributed by atoms with van der Waals surface area (Å²) in [6, 6.07) is 0. The Balaban J connectivity index is 3.65. The molecule has 8 heavy (non-hydrogen) atoms. The molecule has 0 radical (unpaired) electrons. The molecule has 0 aliphatic heterocycles. The topological polar surface area (TPSA) is 17.1 Å². The molecule has 0 saturated carbocycles. The highest BCUT2D eigenvalue weighted by Gasteiger charge is 2.16. The van der Waals surface area contributed by atoms with E-state index in [0.29, 0.717) is 0 Å². The first kappa shape index (κ1) is 7.89. The number of carbonyl (C=O) groups is 1. The van der Waals surface area contributed by atoms with Crippen LogP contribution < -0.4 is 0 Å². The second kappa shape index (κ2) is 3.02. The van der Waals surface area contributed by atoms with Crippen molar-refractivity contribution < 1.29 is 9.18 Å². The Morgan fingerprint density at radius 2 is 2.00 bits per heavy atom. The molecule has 0 fully saturated rings. The van der Waals surface area contributed by atoms with Crippen LogP contribution >= 0.6 is 11.6 Å². The van der Waals surface area contributed by atoms with Crippen LogP contribution in [0.25, 0.3) is 0 Å². The van der Waals surface area contributed by atoms with Gasteiger partial charge in [0.2, 0.25) is 5.63 Å². The van der Waals surface area contributed by atoms with Gasteiger partial charge in [0, 0.05) is 5.92 Å². The van der Waals surface area contributed by atoms with Crippen LogP contribution in [0.1, 0.15) is 13.8 Å². The lowest BCUT2D eigenvalue weighted by atomic mass is 10.1. The average Bonchev–Trinajstić information content (AvgIpc) is 1.64. The average molecular weight is 139 g/mol. The molecule has 0 spiro atoms. The van der Waals surface area contributed by atoms with Crippen molar-refractivity contribution in [1.29, 1.82) is 0 Å². The summed E-state index contributed by atoms with van der Waals surface area (Å²) in [4.78, 5) is 10.3. The lowest BCUT2D eigenvalue weighted by Crippen LogP contribution is -2.15. The second-order valence-electron chi connectivity index (χ2n) is 1.86. The highest BCUT2D eigenvalue weighted by molar-refractivity contribution is 6.30. The van der Waals surface area contributed by atoms with E-state index in [1.54, 1.807) is 13.8 Å². The van der Waals surface area contributed by atoms with Gasteiger partial charge in [-0.25, -0.2) is 4.39 Å². The summed E-state index contributed by atoms with van der Waals surface area (Å²) in [5, 5.41) is 0. The third-order valence-corrected chi connectivity index (χ3v) is 0.999. The molecule has 0 aliphatic carbocycles. The van der Waals surface area contributed by atoms with Gasteiger partial charge in [-0.05, 0) is 0 Å². The number of ketones is 1. The molecule has 48 valence electrons. The number of Topliss-reactive ketones (excluding diaryl/α,β-unsaturated/α-hetero) is 1. The molecule has 0 saturated heterocycles. The van der Waals surface area contributed by atoms with Crippen LogP contribution in [0.3, 0.4) is 0 Å². The zero-order valence-corrected chi connectivity index (χ0v) is 5.57. The molecule has 0 heterocycles. The van der Waals surface area contributed by atoms with E-state index >= 15 is 0 Å². The number of carbonyl (C=O) groups excluding carboxylic acids is 1. The normalized spacial score (nSPS) is 14.1. The lowest BCUT2D eigenvalue weighted by molar-refractivity contribution is -0.124. The van der Waals surface area contributed by atoms with Gasteiger partial charge in [-0.3, -0.25) is 4.79 Å². The quantitative estimate of drug-likeness (QED) is 0.532. The maximum absolute atomic E-state index is 11.8.